The fourth-order valence-corrected chi connectivity index (χ4v) is 3.48. The van der Waals surface area contributed by atoms with Crippen molar-refractivity contribution < 1.29 is 22.8 Å². The molecule has 1 aromatic rings. The molecule has 0 aliphatic carbocycles. The summed E-state index contributed by atoms with van der Waals surface area (Å²) < 4.78 is 39.5. The van der Waals surface area contributed by atoms with Crippen LogP contribution < -0.4 is 5.32 Å². The molecule has 2 fully saturated rings. The first-order valence-corrected chi connectivity index (χ1v) is 8.45. The number of nitrogens with one attached hydrogen (secondary N) is 1. The van der Waals surface area contributed by atoms with Gasteiger partial charge in [0.15, 0.2) is 17.5 Å². The van der Waals surface area contributed by atoms with E-state index in [2.05, 4.69) is 5.32 Å². The smallest absolute Gasteiger partial charge is 0.321 e. The monoisotopic (exact) mass is 355 g/mol. The molecule has 0 aromatic heterocycles. The Morgan fingerprint density at radius 3 is 2.40 bits per heavy atom. The second-order valence-corrected chi connectivity index (χ2v) is 6.45. The molecule has 1 N–H and O–H groups in total. The Balaban J connectivity index is 1.60. The van der Waals surface area contributed by atoms with E-state index in [-0.39, 0.29) is 17.6 Å². The highest BCUT2D eigenvalue weighted by Gasteiger charge is 2.30. The quantitative estimate of drug-likeness (QED) is 0.829. The summed E-state index contributed by atoms with van der Waals surface area (Å²) in [5.41, 5.74) is -0.128. The molecule has 2 aliphatic rings. The second kappa shape index (κ2) is 7.33. The summed E-state index contributed by atoms with van der Waals surface area (Å²) in [7, 11) is 0. The highest BCUT2D eigenvalue weighted by Crippen LogP contribution is 2.23. The van der Waals surface area contributed by atoms with E-state index in [1.54, 1.807) is 4.90 Å². The van der Waals surface area contributed by atoms with Crippen LogP contribution in [0.4, 0.5) is 23.7 Å². The maximum atomic E-state index is 13.2. The van der Waals surface area contributed by atoms with E-state index in [0.717, 1.165) is 37.9 Å². The van der Waals surface area contributed by atoms with Crippen LogP contribution in [0, 0.1) is 17.5 Å². The summed E-state index contributed by atoms with van der Waals surface area (Å²) >= 11 is 0. The van der Waals surface area contributed by atoms with Gasteiger partial charge < -0.3 is 15.1 Å². The molecule has 3 amide bonds. The highest BCUT2D eigenvalue weighted by atomic mass is 19.2. The van der Waals surface area contributed by atoms with Crippen molar-refractivity contribution in [1.29, 1.82) is 0 Å². The van der Waals surface area contributed by atoms with Gasteiger partial charge in [0, 0.05) is 49.9 Å². The molecule has 0 spiro atoms. The molecule has 2 aliphatic heterocycles. The Bertz CT molecular complexity index is 660. The van der Waals surface area contributed by atoms with Gasteiger partial charge >= 0.3 is 6.03 Å². The zero-order valence-electron chi connectivity index (χ0n) is 13.7. The first-order chi connectivity index (χ1) is 12.0. The lowest BCUT2D eigenvalue weighted by Gasteiger charge is -2.27. The number of hydrogen-bond donors (Lipinski definition) is 1. The minimum Gasteiger partial charge on any atom is -0.340 e. The predicted molar refractivity (Wildman–Crippen MR) is 85.5 cm³/mol. The van der Waals surface area contributed by atoms with E-state index in [1.165, 1.54) is 0 Å². The van der Waals surface area contributed by atoms with Crippen LogP contribution >= 0.6 is 0 Å². The first kappa shape index (κ1) is 17.6. The van der Waals surface area contributed by atoms with Crippen LogP contribution in [0.2, 0.25) is 0 Å². The molecule has 1 aromatic carbocycles. The van der Waals surface area contributed by atoms with Gasteiger partial charge in [-0.2, -0.15) is 0 Å². The van der Waals surface area contributed by atoms with E-state index in [0.29, 0.717) is 25.9 Å². The molecular weight excluding hydrogens is 335 g/mol. The second-order valence-electron chi connectivity index (χ2n) is 6.45. The summed E-state index contributed by atoms with van der Waals surface area (Å²) in [6.45, 7) is 1.72. The van der Waals surface area contributed by atoms with Crippen LogP contribution in [0.15, 0.2) is 12.1 Å². The molecule has 8 heteroatoms. The van der Waals surface area contributed by atoms with Crippen molar-refractivity contribution in [2.75, 3.05) is 25.0 Å². The molecule has 25 heavy (non-hydrogen) atoms. The minimum absolute atomic E-state index is 0.128. The van der Waals surface area contributed by atoms with Crippen LogP contribution in [-0.2, 0) is 4.79 Å². The van der Waals surface area contributed by atoms with Gasteiger partial charge in [-0.05, 0) is 25.7 Å². The lowest BCUT2D eigenvalue weighted by molar-refractivity contribution is -0.129. The zero-order chi connectivity index (χ0) is 18.0. The summed E-state index contributed by atoms with van der Waals surface area (Å²) in [5.74, 6) is -4.09. The standard InChI is InChI=1S/C17H20F3N3O2/c18-13-9-11(10-14(19)16(13)20)21-17(25)22-6-1-3-12(5-8-22)23-7-2-4-15(23)24/h9-10,12H,1-8H2,(H,21,25). The van der Waals surface area contributed by atoms with E-state index in [9.17, 15) is 22.8 Å². The Labute approximate surface area is 143 Å². The fourth-order valence-electron chi connectivity index (χ4n) is 3.48. The third-order valence-corrected chi connectivity index (χ3v) is 4.77. The number of rotatable bonds is 2. The van der Waals surface area contributed by atoms with Gasteiger partial charge in [-0.1, -0.05) is 0 Å². The number of likely N-dealkylation sites (tertiary alicyclic amines) is 2. The molecule has 5 nitrogen and oxygen atoms in total. The van der Waals surface area contributed by atoms with E-state index >= 15 is 0 Å². The number of carbonyl (C=O) groups is 2. The van der Waals surface area contributed by atoms with E-state index in [4.69, 9.17) is 0 Å². The summed E-state index contributed by atoms with van der Waals surface area (Å²) in [5, 5.41) is 2.40. The van der Waals surface area contributed by atoms with Gasteiger partial charge in [0.05, 0.1) is 0 Å². The van der Waals surface area contributed by atoms with E-state index in [1.807, 2.05) is 4.90 Å². The maximum Gasteiger partial charge on any atom is 0.321 e. The van der Waals surface area contributed by atoms with Gasteiger partial charge in [-0.3, -0.25) is 4.79 Å². The number of hydrogen-bond acceptors (Lipinski definition) is 2. The van der Waals surface area contributed by atoms with Crippen molar-refractivity contribution >= 4 is 17.6 Å². The first-order valence-electron chi connectivity index (χ1n) is 8.45. The molecule has 0 saturated carbocycles. The number of urea groups is 1. The van der Waals surface area contributed by atoms with Crippen LogP contribution in [0.25, 0.3) is 0 Å². The van der Waals surface area contributed by atoms with Crippen molar-refractivity contribution in [1.82, 2.24) is 9.80 Å². The maximum absolute atomic E-state index is 13.2. The lowest BCUT2D eigenvalue weighted by atomic mass is 10.1. The largest absolute Gasteiger partial charge is 0.340 e. The Kier molecular flexibility index (Phi) is 5.15. The third-order valence-electron chi connectivity index (χ3n) is 4.77. The van der Waals surface area contributed by atoms with Gasteiger partial charge in [0.25, 0.3) is 0 Å². The average molecular weight is 355 g/mol. The van der Waals surface area contributed by atoms with Gasteiger partial charge in [-0.25, -0.2) is 18.0 Å². The van der Waals surface area contributed by atoms with Crippen molar-refractivity contribution in [3.05, 3.63) is 29.6 Å². The summed E-state index contributed by atoms with van der Waals surface area (Å²) in [6.07, 6.45) is 3.71. The topological polar surface area (TPSA) is 52.7 Å². The van der Waals surface area contributed by atoms with Crippen LogP contribution in [0.1, 0.15) is 32.1 Å². The number of anilines is 1. The number of nitrogens with zero attached hydrogens (tertiary/aromatic N) is 2. The normalized spacial score (nSPS) is 21.4. The summed E-state index contributed by atoms with van der Waals surface area (Å²) in [4.78, 5) is 27.6. The van der Waals surface area contributed by atoms with Crippen molar-refractivity contribution in [2.24, 2.45) is 0 Å². The molecule has 1 unspecified atom stereocenters. The molecular formula is C17H20F3N3O2. The third kappa shape index (κ3) is 3.88. The molecule has 0 radical (unpaired) electrons. The zero-order valence-corrected chi connectivity index (χ0v) is 13.7. The molecule has 2 heterocycles. The molecule has 2 saturated heterocycles. The van der Waals surface area contributed by atoms with Gasteiger partial charge in [0.2, 0.25) is 5.91 Å². The van der Waals surface area contributed by atoms with Gasteiger partial charge in [-0.15, -0.1) is 0 Å². The number of carbonyl (C=O) groups excluding carboxylic acids is 2. The molecule has 0 bridgehead atoms. The highest BCUT2D eigenvalue weighted by molar-refractivity contribution is 5.89. The number of amides is 3. The number of halogens is 3. The molecule has 3 rings (SSSR count). The number of benzene rings is 1. The van der Waals surface area contributed by atoms with Crippen molar-refractivity contribution in [3.8, 4) is 0 Å². The van der Waals surface area contributed by atoms with Crippen LogP contribution in [-0.4, -0.2) is 47.4 Å². The van der Waals surface area contributed by atoms with E-state index < -0.39 is 23.5 Å². The van der Waals surface area contributed by atoms with Crippen molar-refractivity contribution in [2.45, 2.75) is 38.1 Å². The SMILES string of the molecule is O=C(Nc1cc(F)c(F)c(F)c1)N1CCCC(N2CCCC2=O)CC1. The summed E-state index contributed by atoms with van der Waals surface area (Å²) in [6, 6.07) is 1.15. The fraction of sp³-hybridized carbons (Fsp3) is 0.529. The van der Waals surface area contributed by atoms with Crippen LogP contribution in [0.3, 0.4) is 0 Å². The Morgan fingerprint density at radius 1 is 1.04 bits per heavy atom. The Hall–Kier alpha value is -2.25. The molecule has 136 valence electrons. The lowest BCUT2D eigenvalue weighted by Crippen LogP contribution is -2.39. The minimum atomic E-state index is -1.56. The van der Waals surface area contributed by atoms with Crippen LogP contribution in [0.5, 0.6) is 0 Å². The average Bonchev–Trinajstić information content (AvgIpc) is 2.84. The van der Waals surface area contributed by atoms with Crippen molar-refractivity contribution in [3.63, 3.8) is 0 Å². The molecule has 1 atom stereocenters. The Morgan fingerprint density at radius 2 is 1.76 bits per heavy atom. The van der Waals surface area contributed by atoms with Gasteiger partial charge in [0.1, 0.15) is 0 Å². The predicted octanol–water partition coefficient (Wildman–Crippen LogP) is 3.11.